The molecule has 2 aliphatic heterocycles. The molecule has 150 valence electrons. The lowest BCUT2D eigenvalue weighted by Gasteiger charge is -2.30. The van der Waals surface area contributed by atoms with Gasteiger partial charge < -0.3 is 15.0 Å². The van der Waals surface area contributed by atoms with Crippen LogP contribution in [-0.2, 0) is 19.1 Å². The molecule has 28 heavy (non-hydrogen) atoms. The van der Waals surface area contributed by atoms with E-state index in [1.54, 1.807) is 0 Å². The molecule has 0 spiro atoms. The van der Waals surface area contributed by atoms with E-state index >= 15 is 0 Å². The van der Waals surface area contributed by atoms with E-state index in [0.29, 0.717) is 18.9 Å². The third kappa shape index (κ3) is 3.80. The molecule has 4 rings (SSSR count). The Morgan fingerprint density at radius 1 is 1.11 bits per heavy atom. The number of nitrogens with zero attached hydrogens (tertiary/aromatic N) is 2. The first kappa shape index (κ1) is 19.4. The van der Waals surface area contributed by atoms with Crippen molar-refractivity contribution in [2.45, 2.75) is 25.7 Å². The molecule has 2 unspecified atom stereocenters. The third-order valence-electron chi connectivity index (χ3n) is 5.82. The second kappa shape index (κ2) is 8.21. The van der Waals surface area contributed by atoms with Crippen LogP contribution in [0.4, 0.5) is 11.4 Å². The molecule has 0 radical (unpaired) electrons. The Morgan fingerprint density at radius 2 is 1.75 bits per heavy atom. The summed E-state index contributed by atoms with van der Waals surface area (Å²) < 4.78 is 6.25. The van der Waals surface area contributed by atoms with Crippen LogP contribution in [0.2, 0.25) is 0 Å². The fourth-order valence-electron chi connectivity index (χ4n) is 4.41. The van der Waals surface area contributed by atoms with Crippen LogP contribution in [-0.4, -0.2) is 55.5 Å². The predicted molar refractivity (Wildman–Crippen MR) is 108 cm³/mol. The molecular weight excluding hydrogens is 426 g/mol. The minimum absolute atomic E-state index is 0.188. The van der Waals surface area contributed by atoms with E-state index < -0.39 is 0 Å². The maximum atomic E-state index is 12.7. The molecular formula is C20H24BrN3O4. The number of imide groups is 1. The number of hydrogen-bond donors (Lipinski definition) is 1. The van der Waals surface area contributed by atoms with Crippen LogP contribution in [0.3, 0.4) is 0 Å². The molecule has 8 heteroatoms. The number of amides is 3. The Labute approximate surface area is 172 Å². The molecule has 1 aliphatic carbocycles. The van der Waals surface area contributed by atoms with Crippen LogP contribution in [0.25, 0.3) is 0 Å². The van der Waals surface area contributed by atoms with Crippen molar-refractivity contribution in [1.29, 1.82) is 0 Å². The number of carbonyl (C=O) groups is 3. The van der Waals surface area contributed by atoms with E-state index in [1.165, 1.54) is 0 Å². The highest BCUT2D eigenvalue weighted by atomic mass is 79.9. The van der Waals surface area contributed by atoms with Gasteiger partial charge >= 0.3 is 0 Å². The monoisotopic (exact) mass is 449 g/mol. The summed E-state index contributed by atoms with van der Waals surface area (Å²) in [5, 5.41) is 2.90. The Kier molecular flexibility index (Phi) is 5.68. The number of anilines is 2. The molecule has 1 aromatic rings. The highest BCUT2D eigenvalue weighted by Gasteiger charge is 2.48. The molecule has 3 fully saturated rings. The summed E-state index contributed by atoms with van der Waals surface area (Å²) >= 11 is 3.45. The van der Waals surface area contributed by atoms with Crippen molar-refractivity contribution in [1.82, 2.24) is 4.90 Å². The van der Waals surface area contributed by atoms with Crippen LogP contribution in [0.15, 0.2) is 22.7 Å². The van der Waals surface area contributed by atoms with Crippen molar-refractivity contribution < 1.29 is 19.1 Å². The van der Waals surface area contributed by atoms with Gasteiger partial charge in [-0.3, -0.25) is 19.3 Å². The van der Waals surface area contributed by atoms with Crippen molar-refractivity contribution in [3.8, 4) is 0 Å². The average molecular weight is 450 g/mol. The van der Waals surface area contributed by atoms with E-state index in [4.69, 9.17) is 4.74 Å². The quantitative estimate of drug-likeness (QED) is 0.713. The highest BCUT2D eigenvalue weighted by Crippen LogP contribution is 2.38. The molecule has 1 saturated carbocycles. The Morgan fingerprint density at radius 3 is 2.39 bits per heavy atom. The lowest BCUT2D eigenvalue weighted by Crippen LogP contribution is -2.39. The van der Waals surface area contributed by atoms with Crippen LogP contribution in [0.1, 0.15) is 25.7 Å². The van der Waals surface area contributed by atoms with Gasteiger partial charge in [0.25, 0.3) is 0 Å². The number of hydrogen-bond acceptors (Lipinski definition) is 5. The number of fused-ring (bicyclic) bond motifs is 1. The largest absolute Gasteiger partial charge is 0.378 e. The molecule has 2 saturated heterocycles. The summed E-state index contributed by atoms with van der Waals surface area (Å²) in [6.45, 7) is 2.56. The zero-order chi connectivity index (χ0) is 19.7. The number of likely N-dealkylation sites (tertiary alicyclic amines) is 1. The first-order chi connectivity index (χ1) is 13.5. The molecule has 7 nitrogen and oxygen atoms in total. The Balaban J connectivity index is 1.47. The van der Waals surface area contributed by atoms with Gasteiger partial charge in [-0.2, -0.15) is 0 Å². The maximum Gasteiger partial charge on any atom is 0.244 e. The van der Waals surface area contributed by atoms with E-state index in [-0.39, 0.29) is 36.1 Å². The maximum absolute atomic E-state index is 12.7. The van der Waals surface area contributed by atoms with Gasteiger partial charge in [-0.05, 0) is 31.0 Å². The van der Waals surface area contributed by atoms with Crippen molar-refractivity contribution in [3.05, 3.63) is 22.7 Å². The van der Waals surface area contributed by atoms with E-state index in [2.05, 4.69) is 26.1 Å². The average Bonchev–Trinajstić information content (AvgIpc) is 2.94. The van der Waals surface area contributed by atoms with Crippen molar-refractivity contribution in [3.63, 3.8) is 0 Å². The second-order valence-electron chi connectivity index (χ2n) is 7.57. The number of halogens is 1. The van der Waals surface area contributed by atoms with Crippen LogP contribution in [0, 0.1) is 11.8 Å². The van der Waals surface area contributed by atoms with Crippen molar-refractivity contribution in [2.75, 3.05) is 43.1 Å². The zero-order valence-electron chi connectivity index (χ0n) is 15.7. The summed E-state index contributed by atoms with van der Waals surface area (Å²) in [5.74, 6) is -1.19. The van der Waals surface area contributed by atoms with E-state index in [0.717, 1.165) is 53.8 Å². The molecule has 2 heterocycles. The number of morpholine rings is 1. The summed E-state index contributed by atoms with van der Waals surface area (Å²) in [7, 11) is 0. The van der Waals surface area contributed by atoms with Crippen LogP contribution in [0.5, 0.6) is 0 Å². The minimum Gasteiger partial charge on any atom is -0.378 e. The SMILES string of the molecule is O=C(CN1C(=O)C2CCCCC2C1=O)Nc1cc(Br)ccc1N1CCOCC1. The Hall–Kier alpha value is -1.93. The first-order valence-corrected chi connectivity index (χ1v) is 10.6. The van der Waals surface area contributed by atoms with Gasteiger partial charge in [0.2, 0.25) is 17.7 Å². The summed E-state index contributed by atoms with van der Waals surface area (Å²) in [6, 6.07) is 5.72. The number of nitrogens with one attached hydrogen (secondary N) is 1. The van der Waals surface area contributed by atoms with E-state index in [9.17, 15) is 14.4 Å². The van der Waals surface area contributed by atoms with Crippen LogP contribution < -0.4 is 10.2 Å². The molecule has 0 bridgehead atoms. The lowest BCUT2D eigenvalue weighted by atomic mass is 9.81. The zero-order valence-corrected chi connectivity index (χ0v) is 17.2. The van der Waals surface area contributed by atoms with Gasteiger partial charge in [-0.25, -0.2) is 0 Å². The number of carbonyl (C=O) groups excluding carboxylic acids is 3. The molecule has 3 aliphatic rings. The van der Waals surface area contributed by atoms with Crippen molar-refractivity contribution in [2.24, 2.45) is 11.8 Å². The summed E-state index contributed by atoms with van der Waals surface area (Å²) in [6.07, 6.45) is 3.45. The summed E-state index contributed by atoms with van der Waals surface area (Å²) in [5.41, 5.74) is 1.57. The molecule has 1 aromatic carbocycles. The fraction of sp³-hybridized carbons (Fsp3) is 0.550. The molecule has 0 aromatic heterocycles. The smallest absolute Gasteiger partial charge is 0.244 e. The second-order valence-corrected chi connectivity index (χ2v) is 8.48. The van der Waals surface area contributed by atoms with Gasteiger partial charge in [0.05, 0.1) is 36.4 Å². The standard InChI is InChI=1S/C20H24BrN3O4/c21-13-5-6-17(23-7-9-28-10-8-23)16(11-13)22-18(25)12-24-19(26)14-3-1-2-4-15(14)20(24)27/h5-6,11,14-15H,1-4,7-10,12H2,(H,22,25). The molecule has 3 amide bonds. The van der Waals surface area contributed by atoms with Gasteiger partial charge in [0.1, 0.15) is 6.54 Å². The predicted octanol–water partition coefficient (Wildman–Crippen LogP) is 2.40. The first-order valence-electron chi connectivity index (χ1n) is 9.82. The van der Waals surface area contributed by atoms with Crippen molar-refractivity contribution >= 4 is 45.0 Å². The van der Waals surface area contributed by atoms with Gasteiger partial charge in [0.15, 0.2) is 0 Å². The third-order valence-corrected chi connectivity index (χ3v) is 6.31. The van der Waals surface area contributed by atoms with Gasteiger partial charge in [-0.1, -0.05) is 28.8 Å². The van der Waals surface area contributed by atoms with Gasteiger partial charge in [-0.15, -0.1) is 0 Å². The highest BCUT2D eigenvalue weighted by molar-refractivity contribution is 9.10. The fourth-order valence-corrected chi connectivity index (χ4v) is 4.77. The number of ether oxygens (including phenoxy) is 1. The van der Waals surface area contributed by atoms with Gasteiger partial charge in [0, 0.05) is 17.6 Å². The normalized spacial score (nSPS) is 25.0. The Bertz CT molecular complexity index is 770. The number of benzene rings is 1. The van der Waals surface area contributed by atoms with E-state index in [1.807, 2.05) is 18.2 Å². The van der Waals surface area contributed by atoms with Crippen LogP contribution >= 0.6 is 15.9 Å². The molecule has 1 N–H and O–H groups in total. The lowest BCUT2D eigenvalue weighted by molar-refractivity contribution is -0.142. The minimum atomic E-state index is -0.354. The molecule has 2 atom stereocenters. The topological polar surface area (TPSA) is 79.0 Å². The summed E-state index contributed by atoms with van der Waals surface area (Å²) in [4.78, 5) is 41.2. The number of rotatable bonds is 4.